The lowest BCUT2D eigenvalue weighted by atomic mass is 10.3. The molecule has 0 aliphatic rings. The third-order valence-corrected chi connectivity index (χ3v) is 2.46. The minimum absolute atomic E-state index is 0.00273. The molecule has 0 atom stereocenters. The highest BCUT2D eigenvalue weighted by Gasteiger charge is 2.09. The highest BCUT2D eigenvalue weighted by atomic mass is 35.5. The average Bonchev–Trinajstić information content (AvgIpc) is 2.23. The Bertz CT molecular complexity index is 441. The van der Waals surface area contributed by atoms with E-state index >= 15 is 0 Å². The summed E-state index contributed by atoms with van der Waals surface area (Å²) in [5.41, 5.74) is 0.661. The molecular formula is C11H12Cl2N2O2. The van der Waals surface area contributed by atoms with Crippen LogP contribution in [0.25, 0.3) is 0 Å². The number of halogens is 2. The van der Waals surface area contributed by atoms with Gasteiger partial charge in [0.2, 0.25) is 0 Å². The predicted molar refractivity (Wildman–Crippen MR) is 70.2 cm³/mol. The van der Waals surface area contributed by atoms with Gasteiger partial charge in [0, 0.05) is 16.6 Å². The zero-order valence-corrected chi connectivity index (χ0v) is 11.0. The highest BCUT2D eigenvalue weighted by Crippen LogP contribution is 2.25. The Morgan fingerprint density at radius 3 is 2.29 bits per heavy atom. The Morgan fingerprint density at radius 2 is 1.88 bits per heavy atom. The van der Waals surface area contributed by atoms with E-state index in [-0.39, 0.29) is 5.71 Å². The molecule has 1 aromatic rings. The Labute approximate surface area is 109 Å². The van der Waals surface area contributed by atoms with Crippen molar-refractivity contribution in [3.8, 4) is 0 Å². The van der Waals surface area contributed by atoms with E-state index in [1.165, 1.54) is 11.9 Å². The number of carboxylic acid groups (broad SMARTS) is 1. The maximum atomic E-state index is 10.7. The molecule has 0 aromatic heterocycles. The van der Waals surface area contributed by atoms with Crippen molar-refractivity contribution >= 4 is 40.6 Å². The molecule has 0 saturated carbocycles. The molecule has 92 valence electrons. The minimum Gasteiger partial charge on any atom is -0.477 e. The zero-order chi connectivity index (χ0) is 13.0. The number of benzene rings is 1. The van der Waals surface area contributed by atoms with Crippen LogP contribution in [0.2, 0.25) is 10.0 Å². The Balaban J connectivity index is 3.09. The van der Waals surface area contributed by atoms with Crippen LogP contribution in [0.15, 0.2) is 23.3 Å². The topological polar surface area (TPSA) is 52.9 Å². The largest absolute Gasteiger partial charge is 0.477 e. The first-order valence-corrected chi connectivity index (χ1v) is 5.71. The van der Waals surface area contributed by atoms with Gasteiger partial charge in [0.15, 0.2) is 0 Å². The Kier molecular flexibility index (Phi) is 4.78. The molecule has 0 fully saturated rings. The molecule has 0 heterocycles. The Hall–Kier alpha value is -1.26. The second-order valence-corrected chi connectivity index (χ2v) is 4.21. The smallest absolute Gasteiger partial charge is 0.351 e. The highest BCUT2D eigenvalue weighted by molar-refractivity contribution is 6.35. The number of anilines is 1. The van der Waals surface area contributed by atoms with Gasteiger partial charge in [0.05, 0.1) is 5.69 Å². The molecule has 0 saturated heterocycles. The molecule has 17 heavy (non-hydrogen) atoms. The molecule has 0 radical (unpaired) electrons. The van der Waals surface area contributed by atoms with Crippen LogP contribution in [-0.2, 0) is 4.79 Å². The second kappa shape index (κ2) is 5.89. The van der Waals surface area contributed by atoms with Crippen molar-refractivity contribution in [2.24, 2.45) is 5.10 Å². The summed E-state index contributed by atoms with van der Waals surface area (Å²) in [5.74, 6) is -1.06. The molecule has 0 unspecified atom stereocenters. The van der Waals surface area contributed by atoms with Crippen molar-refractivity contribution in [3.63, 3.8) is 0 Å². The summed E-state index contributed by atoms with van der Waals surface area (Å²) in [6, 6.07) is 4.96. The van der Waals surface area contributed by atoms with Gasteiger partial charge in [-0.1, -0.05) is 23.2 Å². The first-order valence-electron chi connectivity index (χ1n) is 4.96. The fraction of sp³-hybridized carbons (Fsp3) is 0.273. The number of hydrazone groups is 1. The van der Waals surface area contributed by atoms with Crippen molar-refractivity contribution in [2.75, 3.05) is 11.6 Å². The van der Waals surface area contributed by atoms with E-state index in [4.69, 9.17) is 28.3 Å². The van der Waals surface area contributed by atoms with E-state index in [2.05, 4.69) is 5.10 Å². The third-order valence-electron chi connectivity index (χ3n) is 2.03. The van der Waals surface area contributed by atoms with Crippen LogP contribution in [0.4, 0.5) is 5.69 Å². The van der Waals surface area contributed by atoms with Crippen LogP contribution in [0, 0.1) is 0 Å². The van der Waals surface area contributed by atoms with Crippen LogP contribution in [0.1, 0.15) is 13.8 Å². The maximum Gasteiger partial charge on any atom is 0.351 e. The number of hydrogen-bond acceptors (Lipinski definition) is 3. The van der Waals surface area contributed by atoms with Gasteiger partial charge in [0.25, 0.3) is 0 Å². The standard InChI is InChI=1S/C11H12Cl2N2O2/c1-3-15(14-7(2)11(16)17)10-5-8(12)4-9(13)6-10/h4-6H,3H2,1-2H3,(H,16,17). The number of hydrogen-bond donors (Lipinski definition) is 1. The molecule has 0 amide bonds. The van der Waals surface area contributed by atoms with Gasteiger partial charge < -0.3 is 5.11 Å². The fourth-order valence-corrected chi connectivity index (χ4v) is 1.74. The lowest BCUT2D eigenvalue weighted by Gasteiger charge is -2.18. The molecule has 1 aromatic carbocycles. The second-order valence-electron chi connectivity index (χ2n) is 3.33. The van der Waals surface area contributed by atoms with Gasteiger partial charge in [-0.25, -0.2) is 4.79 Å². The number of nitrogens with zero attached hydrogens (tertiary/aromatic N) is 2. The monoisotopic (exact) mass is 274 g/mol. The van der Waals surface area contributed by atoms with Gasteiger partial charge in [-0.05, 0) is 32.0 Å². The fourth-order valence-electron chi connectivity index (χ4n) is 1.22. The third kappa shape index (κ3) is 3.91. The molecule has 0 spiro atoms. The first-order chi connectivity index (χ1) is 7.93. The van der Waals surface area contributed by atoms with Crippen molar-refractivity contribution in [1.29, 1.82) is 0 Å². The normalized spacial score (nSPS) is 11.4. The summed E-state index contributed by atoms with van der Waals surface area (Å²) >= 11 is 11.7. The first kappa shape index (κ1) is 13.8. The number of carbonyl (C=O) groups is 1. The van der Waals surface area contributed by atoms with E-state index in [0.717, 1.165) is 0 Å². The molecule has 0 aliphatic heterocycles. The molecule has 1 rings (SSSR count). The number of carboxylic acids is 1. The van der Waals surface area contributed by atoms with Gasteiger partial charge in [0.1, 0.15) is 5.71 Å². The summed E-state index contributed by atoms with van der Waals surface area (Å²) in [6.45, 7) is 3.80. The predicted octanol–water partition coefficient (Wildman–Crippen LogP) is 3.28. The SMILES string of the molecule is CCN(N=C(C)C(=O)O)c1cc(Cl)cc(Cl)c1. The summed E-state index contributed by atoms with van der Waals surface area (Å²) in [6.07, 6.45) is 0. The van der Waals surface area contributed by atoms with Crippen LogP contribution >= 0.6 is 23.2 Å². The molecule has 4 nitrogen and oxygen atoms in total. The minimum atomic E-state index is -1.06. The number of rotatable bonds is 4. The van der Waals surface area contributed by atoms with Crippen molar-refractivity contribution in [3.05, 3.63) is 28.2 Å². The lowest BCUT2D eigenvalue weighted by Crippen LogP contribution is -2.20. The molecule has 6 heteroatoms. The van der Waals surface area contributed by atoms with E-state index in [9.17, 15) is 4.79 Å². The summed E-state index contributed by atoms with van der Waals surface area (Å²) in [7, 11) is 0. The number of aliphatic carboxylic acids is 1. The Morgan fingerprint density at radius 1 is 1.35 bits per heavy atom. The zero-order valence-electron chi connectivity index (χ0n) is 9.44. The van der Waals surface area contributed by atoms with Crippen LogP contribution in [0.5, 0.6) is 0 Å². The van der Waals surface area contributed by atoms with Crippen LogP contribution in [-0.4, -0.2) is 23.3 Å². The summed E-state index contributed by atoms with van der Waals surface area (Å²) in [5, 5.41) is 15.2. The summed E-state index contributed by atoms with van der Waals surface area (Å²) in [4.78, 5) is 10.7. The van der Waals surface area contributed by atoms with Crippen LogP contribution < -0.4 is 5.01 Å². The maximum absolute atomic E-state index is 10.7. The van der Waals surface area contributed by atoms with Gasteiger partial charge in [-0.15, -0.1) is 0 Å². The van der Waals surface area contributed by atoms with Gasteiger partial charge in [-0.2, -0.15) is 5.10 Å². The van der Waals surface area contributed by atoms with Crippen LogP contribution in [0.3, 0.4) is 0 Å². The van der Waals surface area contributed by atoms with Crippen molar-refractivity contribution < 1.29 is 9.90 Å². The molecule has 0 aliphatic carbocycles. The van der Waals surface area contributed by atoms with E-state index < -0.39 is 5.97 Å². The van der Waals surface area contributed by atoms with Crippen molar-refractivity contribution in [1.82, 2.24) is 0 Å². The molecule has 1 N–H and O–H groups in total. The van der Waals surface area contributed by atoms with E-state index in [1.807, 2.05) is 6.92 Å². The molecule has 0 bridgehead atoms. The van der Waals surface area contributed by atoms with Gasteiger partial charge >= 0.3 is 5.97 Å². The molecular weight excluding hydrogens is 263 g/mol. The van der Waals surface area contributed by atoms with E-state index in [0.29, 0.717) is 22.3 Å². The quantitative estimate of drug-likeness (QED) is 0.677. The average molecular weight is 275 g/mol. The van der Waals surface area contributed by atoms with Crippen molar-refractivity contribution in [2.45, 2.75) is 13.8 Å². The van der Waals surface area contributed by atoms with E-state index in [1.54, 1.807) is 18.2 Å². The van der Waals surface area contributed by atoms with Gasteiger partial charge in [-0.3, -0.25) is 5.01 Å². The lowest BCUT2D eigenvalue weighted by molar-refractivity contribution is -0.129. The summed E-state index contributed by atoms with van der Waals surface area (Å²) < 4.78 is 0.